The fraction of sp³-hybridized carbons (Fsp3) is 0.316. The molecule has 1 heterocycles. The molecule has 0 aromatic heterocycles. The first-order valence-corrected chi connectivity index (χ1v) is 9.41. The molecule has 3 rings (SSSR count). The number of aryl methyl sites for hydroxylation is 1. The van der Waals surface area contributed by atoms with Crippen molar-refractivity contribution in [3.63, 3.8) is 0 Å². The number of rotatable bonds is 5. The van der Waals surface area contributed by atoms with Crippen LogP contribution in [0.25, 0.3) is 0 Å². The largest absolute Gasteiger partial charge is 0.377 e. The summed E-state index contributed by atoms with van der Waals surface area (Å²) in [5.74, 6) is 0.728. The summed E-state index contributed by atoms with van der Waals surface area (Å²) in [6.07, 6.45) is 2.51. The second-order valence-corrected chi connectivity index (χ2v) is 7.35. The van der Waals surface area contributed by atoms with Gasteiger partial charge in [0, 0.05) is 17.3 Å². The van der Waals surface area contributed by atoms with E-state index < -0.39 is 0 Å². The average Bonchev–Trinajstić information content (AvgIpc) is 3.09. The standard InChI is InChI=1S/C19H20ClNO2S/c1-13-8-9-17(16(20)11-13)21-19(22)15-6-2-3-7-18(15)24-12-14-5-4-10-23-14/h2-3,6-9,11,14H,4-5,10,12H2,1H3,(H,21,22)/t14-/m1/s1. The number of hydrogen-bond donors (Lipinski definition) is 1. The minimum Gasteiger partial charge on any atom is -0.377 e. The van der Waals surface area contributed by atoms with Crippen molar-refractivity contribution in [2.75, 3.05) is 17.7 Å². The van der Waals surface area contributed by atoms with Gasteiger partial charge in [0.25, 0.3) is 5.91 Å². The molecular formula is C19H20ClNO2S. The Kier molecular flexibility index (Phi) is 5.82. The van der Waals surface area contributed by atoms with Gasteiger partial charge >= 0.3 is 0 Å². The van der Waals surface area contributed by atoms with E-state index in [0.717, 1.165) is 35.7 Å². The van der Waals surface area contributed by atoms with Gasteiger partial charge in [-0.25, -0.2) is 0 Å². The van der Waals surface area contributed by atoms with E-state index in [2.05, 4.69) is 5.32 Å². The fourth-order valence-electron chi connectivity index (χ4n) is 2.65. The van der Waals surface area contributed by atoms with Crippen LogP contribution in [0.3, 0.4) is 0 Å². The highest BCUT2D eigenvalue weighted by Crippen LogP contribution is 2.28. The van der Waals surface area contributed by atoms with E-state index in [9.17, 15) is 4.79 Å². The molecule has 1 amide bonds. The van der Waals surface area contributed by atoms with Crippen molar-refractivity contribution in [3.05, 3.63) is 58.6 Å². The third-order valence-electron chi connectivity index (χ3n) is 3.95. The van der Waals surface area contributed by atoms with Gasteiger partial charge in [0.1, 0.15) is 0 Å². The smallest absolute Gasteiger partial charge is 0.256 e. The molecule has 1 N–H and O–H groups in total. The molecule has 1 aliphatic heterocycles. The topological polar surface area (TPSA) is 38.3 Å². The van der Waals surface area contributed by atoms with Crippen molar-refractivity contribution in [2.24, 2.45) is 0 Å². The molecule has 1 saturated heterocycles. The molecule has 2 aromatic rings. The molecule has 0 aliphatic carbocycles. The number of carbonyl (C=O) groups is 1. The second-order valence-electron chi connectivity index (χ2n) is 5.88. The van der Waals surface area contributed by atoms with Crippen LogP contribution in [0.2, 0.25) is 5.02 Å². The summed E-state index contributed by atoms with van der Waals surface area (Å²) < 4.78 is 5.66. The van der Waals surface area contributed by atoms with Gasteiger partial charge in [0.05, 0.1) is 22.4 Å². The molecule has 3 nitrogen and oxygen atoms in total. The summed E-state index contributed by atoms with van der Waals surface area (Å²) in [6.45, 7) is 2.81. The first kappa shape index (κ1) is 17.3. The summed E-state index contributed by atoms with van der Waals surface area (Å²) in [5, 5.41) is 3.46. The van der Waals surface area contributed by atoms with Crippen LogP contribution in [0.15, 0.2) is 47.4 Å². The van der Waals surface area contributed by atoms with Gasteiger partial charge < -0.3 is 10.1 Å². The number of halogens is 1. The molecule has 1 atom stereocenters. The number of hydrogen-bond acceptors (Lipinski definition) is 3. The predicted molar refractivity (Wildman–Crippen MR) is 100 cm³/mol. The number of nitrogens with one attached hydrogen (secondary N) is 1. The van der Waals surface area contributed by atoms with Gasteiger partial charge in [0.2, 0.25) is 0 Å². The SMILES string of the molecule is Cc1ccc(NC(=O)c2ccccc2SC[C@H]2CCCO2)c(Cl)c1. The maximum Gasteiger partial charge on any atom is 0.256 e. The van der Waals surface area contributed by atoms with Crippen LogP contribution >= 0.6 is 23.4 Å². The van der Waals surface area contributed by atoms with E-state index in [1.165, 1.54) is 0 Å². The molecular weight excluding hydrogens is 342 g/mol. The monoisotopic (exact) mass is 361 g/mol. The lowest BCUT2D eigenvalue weighted by Gasteiger charge is -2.13. The Labute approximate surface area is 151 Å². The Morgan fingerprint density at radius 3 is 2.92 bits per heavy atom. The zero-order valence-electron chi connectivity index (χ0n) is 13.5. The first-order chi connectivity index (χ1) is 11.6. The summed E-state index contributed by atoms with van der Waals surface area (Å²) in [5.41, 5.74) is 2.36. The van der Waals surface area contributed by atoms with E-state index in [-0.39, 0.29) is 12.0 Å². The normalized spacial score (nSPS) is 17.0. The molecule has 0 spiro atoms. The van der Waals surface area contributed by atoms with Crippen molar-refractivity contribution in [1.29, 1.82) is 0 Å². The number of anilines is 1. The van der Waals surface area contributed by atoms with Crippen molar-refractivity contribution in [2.45, 2.75) is 30.8 Å². The van der Waals surface area contributed by atoms with E-state index in [1.54, 1.807) is 11.8 Å². The van der Waals surface area contributed by atoms with E-state index >= 15 is 0 Å². The zero-order chi connectivity index (χ0) is 16.9. The molecule has 24 heavy (non-hydrogen) atoms. The lowest BCUT2D eigenvalue weighted by Crippen LogP contribution is -2.14. The van der Waals surface area contributed by atoms with Gasteiger partial charge in [0.15, 0.2) is 0 Å². The third-order valence-corrected chi connectivity index (χ3v) is 5.47. The van der Waals surface area contributed by atoms with Crippen molar-refractivity contribution >= 4 is 35.0 Å². The average molecular weight is 362 g/mol. The molecule has 2 aromatic carbocycles. The Morgan fingerprint density at radius 2 is 2.17 bits per heavy atom. The summed E-state index contributed by atoms with van der Waals surface area (Å²) >= 11 is 7.88. The van der Waals surface area contributed by atoms with Crippen LogP contribution in [-0.4, -0.2) is 24.4 Å². The number of ether oxygens (including phenoxy) is 1. The summed E-state index contributed by atoms with van der Waals surface area (Å²) in [4.78, 5) is 13.6. The molecule has 1 fully saturated rings. The van der Waals surface area contributed by atoms with Crippen molar-refractivity contribution < 1.29 is 9.53 Å². The Balaban J connectivity index is 1.72. The highest BCUT2D eigenvalue weighted by atomic mass is 35.5. The minimum atomic E-state index is -0.142. The molecule has 5 heteroatoms. The number of benzene rings is 2. The van der Waals surface area contributed by atoms with Gasteiger partial charge in [-0.05, 0) is 49.6 Å². The maximum atomic E-state index is 12.7. The Morgan fingerprint density at radius 1 is 1.33 bits per heavy atom. The van der Waals surface area contributed by atoms with E-state index in [1.807, 2.05) is 49.4 Å². The molecule has 1 aliphatic rings. The van der Waals surface area contributed by atoms with Crippen LogP contribution in [0, 0.1) is 6.92 Å². The number of thioether (sulfide) groups is 1. The lowest BCUT2D eigenvalue weighted by molar-refractivity contribution is 0.102. The van der Waals surface area contributed by atoms with E-state index in [0.29, 0.717) is 16.3 Å². The maximum absolute atomic E-state index is 12.7. The van der Waals surface area contributed by atoms with Crippen LogP contribution in [-0.2, 0) is 4.74 Å². The predicted octanol–water partition coefficient (Wildman–Crippen LogP) is 5.17. The zero-order valence-corrected chi connectivity index (χ0v) is 15.1. The van der Waals surface area contributed by atoms with Gasteiger partial charge in [-0.1, -0.05) is 29.8 Å². The second kappa shape index (κ2) is 8.06. The van der Waals surface area contributed by atoms with E-state index in [4.69, 9.17) is 16.3 Å². The van der Waals surface area contributed by atoms with Crippen LogP contribution in [0.4, 0.5) is 5.69 Å². The van der Waals surface area contributed by atoms with Crippen molar-refractivity contribution in [1.82, 2.24) is 0 Å². The van der Waals surface area contributed by atoms with Crippen LogP contribution < -0.4 is 5.32 Å². The summed E-state index contributed by atoms with van der Waals surface area (Å²) in [6, 6.07) is 13.3. The van der Waals surface area contributed by atoms with Crippen LogP contribution in [0.5, 0.6) is 0 Å². The molecule has 0 bridgehead atoms. The Hall–Kier alpha value is -1.49. The fourth-order valence-corrected chi connectivity index (χ4v) is 4.05. The van der Waals surface area contributed by atoms with Gasteiger partial charge in [-0.15, -0.1) is 11.8 Å². The van der Waals surface area contributed by atoms with Gasteiger partial charge in [-0.2, -0.15) is 0 Å². The highest BCUT2D eigenvalue weighted by Gasteiger charge is 2.18. The quantitative estimate of drug-likeness (QED) is 0.746. The number of carbonyl (C=O) groups excluding carboxylic acids is 1. The molecule has 0 radical (unpaired) electrons. The van der Waals surface area contributed by atoms with Gasteiger partial charge in [-0.3, -0.25) is 4.79 Å². The highest BCUT2D eigenvalue weighted by molar-refractivity contribution is 7.99. The Bertz CT molecular complexity index is 729. The lowest BCUT2D eigenvalue weighted by atomic mass is 10.2. The van der Waals surface area contributed by atoms with Crippen LogP contribution in [0.1, 0.15) is 28.8 Å². The first-order valence-electron chi connectivity index (χ1n) is 8.04. The minimum absolute atomic E-state index is 0.142. The molecule has 0 saturated carbocycles. The molecule has 0 unspecified atom stereocenters. The third kappa shape index (κ3) is 4.32. The van der Waals surface area contributed by atoms with Crippen molar-refractivity contribution in [3.8, 4) is 0 Å². The molecule has 126 valence electrons. The summed E-state index contributed by atoms with van der Waals surface area (Å²) in [7, 11) is 0. The number of amides is 1.